The van der Waals surface area contributed by atoms with Crippen molar-refractivity contribution in [1.29, 1.82) is 0 Å². The zero-order valence-corrected chi connectivity index (χ0v) is 13.4. The van der Waals surface area contributed by atoms with Crippen molar-refractivity contribution in [2.45, 2.75) is 65.6 Å². The van der Waals surface area contributed by atoms with Gasteiger partial charge in [-0.2, -0.15) is 0 Å². The number of rotatable bonds is 5. The third-order valence-electron chi connectivity index (χ3n) is 4.57. The number of hydrogen-bond donors (Lipinski definition) is 1. The van der Waals surface area contributed by atoms with Crippen LogP contribution in [0.2, 0.25) is 0 Å². The average Bonchev–Trinajstić information content (AvgIpc) is 2.41. The molecule has 1 N–H and O–H groups in total. The fourth-order valence-corrected chi connectivity index (χ4v) is 3.08. The molecule has 1 saturated carbocycles. The second kappa shape index (κ2) is 7.12. The summed E-state index contributed by atoms with van der Waals surface area (Å²) in [6, 6.07) is 9.15. The van der Waals surface area contributed by atoms with E-state index in [4.69, 9.17) is 4.74 Å². The first-order valence-electron chi connectivity index (χ1n) is 8.05. The van der Waals surface area contributed by atoms with Crippen molar-refractivity contribution in [3.63, 3.8) is 0 Å². The van der Waals surface area contributed by atoms with Gasteiger partial charge in [-0.3, -0.25) is 0 Å². The SMILES string of the molecule is CC(C)Oc1ccc(CNC2CCCC(C)C2C)cc1. The molecule has 0 aliphatic heterocycles. The molecule has 2 rings (SSSR count). The van der Waals surface area contributed by atoms with E-state index in [9.17, 15) is 0 Å². The van der Waals surface area contributed by atoms with Crippen molar-refractivity contribution in [2.75, 3.05) is 0 Å². The lowest BCUT2D eigenvalue weighted by atomic mass is 9.78. The maximum atomic E-state index is 5.67. The molecule has 1 fully saturated rings. The Bertz CT molecular complexity index is 398. The van der Waals surface area contributed by atoms with Crippen LogP contribution in [-0.4, -0.2) is 12.1 Å². The van der Waals surface area contributed by atoms with Crippen LogP contribution in [0, 0.1) is 11.8 Å². The Labute approximate surface area is 123 Å². The molecule has 1 aliphatic carbocycles. The number of ether oxygens (including phenoxy) is 1. The van der Waals surface area contributed by atoms with Crippen LogP contribution < -0.4 is 10.1 Å². The molecule has 3 atom stereocenters. The highest BCUT2D eigenvalue weighted by molar-refractivity contribution is 5.27. The topological polar surface area (TPSA) is 21.3 Å². The van der Waals surface area contributed by atoms with Gasteiger partial charge in [-0.15, -0.1) is 0 Å². The smallest absolute Gasteiger partial charge is 0.119 e. The van der Waals surface area contributed by atoms with Crippen LogP contribution in [0.4, 0.5) is 0 Å². The van der Waals surface area contributed by atoms with E-state index in [1.165, 1.54) is 24.8 Å². The molecule has 0 radical (unpaired) electrons. The van der Waals surface area contributed by atoms with Crippen LogP contribution in [0.25, 0.3) is 0 Å². The summed E-state index contributed by atoms with van der Waals surface area (Å²) in [6.45, 7) is 9.85. The van der Waals surface area contributed by atoms with Gasteiger partial charge >= 0.3 is 0 Å². The summed E-state index contributed by atoms with van der Waals surface area (Å²) < 4.78 is 5.67. The zero-order chi connectivity index (χ0) is 14.5. The lowest BCUT2D eigenvalue weighted by Gasteiger charge is -2.34. The van der Waals surface area contributed by atoms with Gasteiger partial charge in [0.05, 0.1) is 6.10 Å². The molecule has 20 heavy (non-hydrogen) atoms. The van der Waals surface area contributed by atoms with E-state index in [2.05, 4.69) is 57.3 Å². The van der Waals surface area contributed by atoms with E-state index < -0.39 is 0 Å². The number of hydrogen-bond acceptors (Lipinski definition) is 2. The average molecular weight is 275 g/mol. The van der Waals surface area contributed by atoms with Crippen LogP contribution in [0.15, 0.2) is 24.3 Å². The third-order valence-corrected chi connectivity index (χ3v) is 4.57. The predicted octanol–water partition coefficient (Wildman–Crippen LogP) is 4.39. The highest BCUT2D eigenvalue weighted by Gasteiger charge is 2.26. The first-order valence-corrected chi connectivity index (χ1v) is 8.05. The standard InChI is InChI=1S/C18H29NO/c1-13(2)20-17-10-8-16(9-11-17)12-19-18-7-5-6-14(3)15(18)4/h8-11,13-15,18-19H,5-7,12H2,1-4H3. The Morgan fingerprint density at radius 3 is 2.50 bits per heavy atom. The Balaban J connectivity index is 1.84. The van der Waals surface area contributed by atoms with Crippen LogP contribution in [0.1, 0.15) is 52.5 Å². The molecule has 0 spiro atoms. The summed E-state index contributed by atoms with van der Waals surface area (Å²) >= 11 is 0. The van der Waals surface area contributed by atoms with Gasteiger partial charge in [0, 0.05) is 12.6 Å². The molecule has 112 valence electrons. The van der Waals surface area contributed by atoms with Crippen molar-refractivity contribution in [2.24, 2.45) is 11.8 Å². The molecule has 0 aromatic heterocycles. The van der Waals surface area contributed by atoms with Gasteiger partial charge in [0.25, 0.3) is 0 Å². The number of benzene rings is 1. The lowest BCUT2D eigenvalue weighted by molar-refractivity contribution is 0.206. The molecule has 1 aromatic rings. The Morgan fingerprint density at radius 1 is 1.15 bits per heavy atom. The van der Waals surface area contributed by atoms with E-state index in [0.717, 1.165) is 24.1 Å². The van der Waals surface area contributed by atoms with Gasteiger partial charge in [-0.1, -0.05) is 38.8 Å². The monoisotopic (exact) mass is 275 g/mol. The second-order valence-electron chi connectivity index (χ2n) is 6.57. The molecule has 0 heterocycles. The summed E-state index contributed by atoms with van der Waals surface area (Å²) in [5.74, 6) is 2.60. The molecule has 0 amide bonds. The molecule has 2 heteroatoms. The molecule has 0 saturated heterocycles. The Morgan fingerprint density at radius 2 is 1.85 bits per heavy atom. The minimum absolute atomic E-state index is 0.239. The van der Waals surface area contributed by atoms with E-state index in [1.54, 1.807) is 0 Å². The maximum Gasteiger partial charge on any atom is 0.119 e. The first-order chi connectivity index (χ1) is 9.56. The molecule has 1 aliphatic rings. The van der Waals surface area contributed by atoms with Crippen LogP contribution >= 0.6 is 0 Å². The summed E-state index contributed by atoms with van der Waals surface area (Å²) in [5, 5.41) is 3.74. The molecule has 0 bridgehead atoms. The Hall–Kier alpha value is -1.02. The van der Waals surface area contributed by atoms with Crippen LogP contribution in [0.3, 0.4) is 0 Å². The summed E-state index contributed by atoms with van der Waals surface area (Å²) in [6.07, 6.45) is 4.31. The van der Waals surface area contributed by atoms with E-state index in [0.29, 0.717) is 6.04 Å². The fraction of sp³-hybridized carbons (Fsp3) is 0.667. The van der Waals surface area contributed by atoms with E-state index in [-0.39, 0.29) is 6.10 Å². The molecular formula is C18H29NO. The maximum absolute atomic E-state index is 5.67. The second-order valence-corrected chi connectivity index (χ2v) is 6.57. The van der Waals surface area contributed by atoms with Crippen LogP contribution in [0.5, 0.6) is 5.75 Å². The highest BCUT2D eigenvalue weighted by Crippen LogP contribution is 2.29. The number of nitrogens with one attached hydrogen (secondary N) is 1. The van der Waals surface area contributed by atoms with Gasteiger partial charge in [0.1, 0.15) is 5.75 Å². The lowest BCUT2D eigenvalue weighted by Crippen LogP contribution is -2.40. The third kappa shape index (κ3) is 4.24. The first kappa shape index (κ1) is 15.4. The van der Waals surface area contributed by atoms with Crippen molar-refractivity contribution < 1.29 is 4.74 Å². The van der Waals surface area contributed by atoms with Crippen LogP contribution in [-0.2, 0) is 6.54 Å². The Kier molecular flexibility index (Phi) is 5.47. The van der Waals surface area contributed by atoms with Crippen molar-refractivity contribution in [1.82, 2.24) is 5.32 Å². The van der Waals surface area contributed by atoms with Crippen molar-refractivity contribution in [3.05, 3.63) is 29.8 Å². The van der Waals surface area contributed by atoms with E-state index >= 15 is 0 Å². The van der Waals surface area contributed by atoms with E-state index in [1.807, 2.05) is 0 Å². The largest absolute Gasteiger partial charge is 0.491 e. The van der Waals surface area contributed by atoms with Gasteiger partial charge in [0.2, 0.25) is 0 Å². The molecule has 2 nitrogen and oxygen atoms in total. The molecule has 1 aromatic carbocycles. The summed E-state index contributed by atoms with van der Waals surface area (Å²) in [4.78, 5) is 0. The quantitative estimate of drug-likeness (QED) is 0.860. The van der Waals surface area contributed by atoms with Gasteiger partial charge in [-0.05, 0) is 49.8 Å². The fourth-order valence-electron chi connectivity index (χ4n) is 3.08. The highest BCUT2D eigenvalue weighted by atomic mass is 16.5. The predicted molar refractivity (Wildman–Crippen MR) is 85.0 cm³/mol. The van der Waals surface area contributed by atoms with Gasteiger partial charge in [0.15, 0.2) is 0 Å². The van der Waals surface area contributed by atoms with Crippen molar-refractivity contribution >= 4 is 0 Å². The van der Waals surface area contributed by atoms with Crippen molar-refractivity contribution in [3.8, 4) is 5.75 Å². The summed E-state index contributed by atoms with van der Waals surface area (Å²) in [7, 11) is 0. The molecular weight excluding hydrogens is 246 g/mol. The minimum Gasteiger partial charge on any atom is -0.491 e. The minimum atomic E-state index is 0.239. The van der Waals surface area contributed by atoms with Gasteiger partial charge < -0.3 is 10.1 Å². The van der Waals surface area contributed by atoms with Gasteiger partial charge in [-0.25, -0.2) is 0 Å². The normalized spacial score (nSPS) is 26.8. The summed E-state index contributed by atoms with van der Waals surface area (Å²) in [5.41, 5.74) is 1.34. The zero-order valence-electron chi connectivity index (χ0n) is 13.4. The molecule has 3 unspecified atom stereocenters.